The second kappa shape index (κ2) is 6.02. The van der Waals surface area contributed by atoms with E-state index in [2.05, 4.69) is 5.32 Å². The van der Waals surface area contributed by atoms with Crippen LogP contribution in [-0.2, 0) is 6.54 Å². The van der Waals surface area contributed by atoms with Gasteiger partial charge in [0, 0.05) is 24.2 Å². The molecule has 0 saturated heterocycles. The molecule has 0 aliphatic rings. The number of ether oxygens (including phenoxy) is 1. The van der Waals surface area contributed by atoms with Crippen molar-refractivity contribution in [2.45, 2.75) is 6.54 Å². The predicted octanol–water partition coefficient (Wildman–Crippen LogP) is 1.66. The van der Waals surface area contributed by atoms with Crippen LogP contribution in [-0.4, -0.2) is 25.3 Å². The van der Waals surface area contributed by atoms with Crippen LogP contribution in [0.5, 0.6) is 5.75 Å². The van der Waals surface area contributed by atoms with Gasteiger partial charge in [-0.3, -0.25) is 10.1 Å². The van der Waals surface area contributed by atoms with Crippen LogP contribution in [0.2, 0.25) is 0 Å². The average Bonchev–Trinajstić information content (AvgIpc) is 2.27. The lowest BCUT2D eigenvalue weighted by molar-refractivity contribution is -0.384. The maximum atomic E-state index is 12.0. The van der Waals surface area contributed by atoms with E-state index in [-0.39, 0.29) is 12.3 Å². The zero-order chi connectivity index (χ0) is 12.0. The Morgan fingerprint density at radius 1 is 1.56 bits per heavy atom. The molecule has 1 N–H and O–H groups in total. The summed E-state index contributed by atoms with van der Waals surface area (Å²) in [5.74, 6) is 0.470. The predicted molar refractivity (Wildman–Crippen MR) is 57.3 cm³/mol. The maximum Gasteiger partial charge on any atom is 0.270 e. The van der Waals surface area contributed by atoms with Gasteiger partial charge in [0.05, 0.1) is 4.92 Å². The van der Waals surface area contributed by atoms with Crippen LogP contribution >= 0.6 is 0 Å². The van der Waals surface area contributed by atoms with E-state index in [4.69, 9.17) is 4.74 Å². The summed E-state index contributed by atoms with van der Waals surface area (Å²) in [4.78, 5) is 10.1. The molecule has 0 spiro atoms. The fraction of sp³-hybridized carbons (Fsp3) is 0.400. The number of nitro benzene ring substituents is 1. The van der Waals surface area contributed by atoms with Gasteiger partial charge in [-0.15, -0.1) is 0 Å². The molecule has 0 radical (unpaired) electrons. The molecule has 0 amide bonds. The summed E-state index contributed by atoms with van der Waals surface area (Å²) in [6.07, 6.45) is 0. The van der Waals surface area contributed by atoms with E-state index in [1.165, 1.54) is 18.2 Å². The molecule has 0 unspecified atom stereocenters. The Hall–Kier alpha value is -1.69. The molecular weight excluding hydrogens is 215 g/mol. The molecule has 0 aliphatic carbocycles. The van der Waals surface area contributed by atoms with E-state index in [1.54, 1.807) is 7.05 Å². The number of alkyl halides is 1. The third kappa shape index (κ3) is 3.16. The average molecular weight is 228 g/mol. The van der Waals surface area contributed by atoms with Gasteiger partial charge in [0.25, 0.3) is 5.69 Å². The van der Waals surface area contributed by atoms with Crippen LogP contribution in [0.3, 0.4) is 0 Å². The topological polar surface area (TPSA) is 64.4 Å². The Bertz CT molecular complexity index is 371. The van der Waals surface area contributed by atoms with E-state index in [9.17, 15) is 14.5 Å². The summed E-state index contributed by atoms with van der Waals surface area (Å²) < 4.78 is 17.1. The number of hydrogen-bond acceptors (Lipinski definition) is 4. The standard InChI is InChI=1S/C10H13FN2O3/c1-12-7-8-6-9(13(14)15)2-3-10(8)16-5-4-11/h2-3,6,12H,4-5,7H2,1H3. The third-order valence-electron chi connectivity index (χ3n) is 1.96. The molecule has 16 heavy (non-hydrogen) atoms. The van der Waals surface area contributed by atoms with Gasteiger partial charge in [-0.2, -0.15) is 0 Å². The quantitative estimate of drug-likeness (QED) is 0.594. The number of hydrogen-bond donors (Lipinski definition) is 1. The Kier molecular flexibility index (Phi) is 4.65. The number of nitro groups is 1. The van der Waals surface area contributed by atoms with Crippen molar-refractivity contribution >= 4 is 5.69 Å². The number of nitrogens with zero attached hydrogens (tertiary/aromatic N) is 1. The van der Waals surface area contributed by atoms with E-state index >= 15 is 0 Å². The molecule has 88 valence electrons. The van der Waals surface area contributed by atoms with E-state index in [1.807, 2.05) is 0 Å². The van der Waals surface area contributed by atoms with Crippen molar-refractivity contribution in [1.82, 2.24) is 5.32 Å². The van der Waals surface area contributed by atoms with Crippen LogP contribution in [0.1, 0.15) is 5.56 Å². The number of non-ortho nitro benzene ring substituents is 1. The number of halogens is 1. The van der Waals surface area contributed by atoms with E-state index < -0.39 is 11.6 Å². The minimum Gasteiger partial charge on any atom is -0.491 e. The van der Waals surface area contributed by atoms with Gasteiger partial charge >= 0.3 is 0 Å². The summed E-state index contributed by atoms with van der Waals surface area (Å²) >= 11 is 0. The number of benzene rings is 1. The summed E-state index contributed by atoms with van der Waals surface area (Å²) in [6.45, 7) is -0.201. The highest BCUT2D eigenvalue weighted by Crippen LogP contribution is 2.24. The first kappa shape index (κ1) is 12.4. The lowest BCUT2D eigenvalue weighted by atomic mass is 10.2. The van der Waals surface area contributed by atoms with Gasteiger partial charge in [-0.1, -0.05) is 0 Å². The van der Waals surface area contributed by atoms with Gasteiger partial charge < -0.3 is 10.1 Å². The highest BCUT2D eigenvalue weighted by Gasteiger charge is 2.11. The Balaban J connectivity index is 2.94. The first-order valence-electron chi connectivity index (χ1n) is 4.79. The van der Waals surface area contributed by atoms with Crippen LogP contribution < -0.4 is 10.1 Å². The summed E-state index contributed by atoms with van der Waals surface area (Å²) in [7, 11) is 1.72. The molecule has 5 nitrogen and oxygen atoms in total. The summed E-state index contributed by atoms with van der Waals surface area (Å²) in [5.41, 5.74) is 0.642. The van der Waals surface area contributed by atoms with Crippen molar-refractivity contribution in [3.63, 3.8) is 0 Å². The molecule has 0 aliphatic heterocycles. The molecule has 1 aromatic rings. The Morgan fingerprint density at radius 3 is 2.88 bits per heavy atom. The summed E-state index contributed by atoms with van der Waals surface area (Å²) in [5, 5.41) is 13.4. The zero-order valence-corrected chi connectivity index (χ0v) is 8.90. The van der Waals surface area contributed by atoms with Crippen molar-refractivity contribution in [3.05, 3.63) is 33.9 Å². The second-order valence-electron chi connectivity index (χ2n) is 3.12. The van der Waals surface area contributed by atoms with Gasteiger partial charge in [-0.25, -0.2) is 4.39 Å². The van der Waals surface area contributed by atoms with Gasteiger partial charge in [0.1, 0.15) is 19.0 Å². The fourth-order valence-corrected chi connectivity index (χ4v) is 1.30. The van der Waals surface area contributed by atoms with Crippen molar-refractivity contribution in [2.24, 2.45) is 0 Å². The van der Waals surface area contributed by atoms with Crippen LogP contribution in [0.15, 0.2) is 18.2 Å². The number of nitrogens with one attached hydrogen (secondary N) is 1. The summed E-state index contributed by atoms with van der Waals surface area (Å²) in [6, 6.07) is 4.25. The molecule has 6 heteroatoms. The van der Waals surface area contributed by atoms with Crippen LogP contribution in [0.25, 0.3) is 0 Å². The molecule has 0 heterocycles. The molecule has 0 fully saturated rings. The van der Waals surface area contributed by atoms with Crippen LogP contribution in [0, 0.1) is 10.1 Å². The Morgan fingerprint density at radius 2 is 2.31 bits per heavy atom. The third-order valence-corrected chi connectivity index (χ3v) is 1.96. The van der Waals surface area contributed by atoms with Gasteiger partial charge in [-0.05, 0) is 13.1 Å². The van der Waals surface area contributed by atoms with Crippen LogP contribution in [0.4, 0.5) is 10.1 Å². The minimum atomic E-state index is -0.587. The lowest BCUT2D eigenvalue weighted by Gasteiger charge is -2.09. The highest BCUT2D eigenvalue weighted by atomic mass is 19.1. The fourth-order valence-electron chi connectivity index (χ4n) is 1.30. The van der Waals surface area contributed by atoms with E-state index in [0.29, 0.717) is 17.9 Å². The molecule has 1 aromatic carbocycles. The van der Waals surface area contributed by atoms with Gasteiger partial charge in [0.15, 0.2) is 0 Å². The molecule has 1 rings (SSSR count). The van der Waals surface area contributed by atoms with Gasteiger partial charge in [0.2, 0.25) is 0 Å². The maximum absolute atomic E-state index is 12.0. The van der Waals surface area contributed by atoms with Crippen molar-refractivity contribution in [2.75, 3.05) is 20.3 Å². The molecule has 0 aromatic heterocycles. The molecule has 0 atom stereocenters. The first-order chi connectivity index (χ1) is 7.69. The largest absolute Gasteiger partial charge is 0.491 e. The Labute approximate surface area is 92.4 Å². The lowest BCUT2D eigenvalue weighted by Crippen LogP contribution is -2.09. The highest BCUT2D eigenvalue weighted by molar-refractivity contribution is 5.43. The molecule has 0 saturated carbocycles. The van der Waals surface area contributed by atoms with E-state index in [0.717, 1.165) is 0 Å². The smallest absolute Gasteiger partial charge is 0.270 e. The first-order valence-corrected chi connectivity index (χ1v) is 4.79. The number of rotatable bonds is 6. The second-order valence-corrected chi connectivity index (χ2v) is 3.12. The van der Waals surface area contributed by atoms with Crippen molar-refractivity contribution in [3.8, 4) is 5.75 Å². The van der Waals surface area contributed by atoms with Crippen molar-refractivity contribution < 1.29 is 14.1 Å². The van der Waals surface area contributed by atoms with Crippen molar-refractivity contribution in [1.29, 1.82) is 0 Å². The molecule has 0 bridgehead atoms. The zero-order valence-electron chi connectivity index (χ0n) is 8.90. The molecular formula is C10H13FN2O3. The SMILES string of the molecule is CNCc1cc([N+](=O)[O-])ccc1OCCF. The minimum absolute atomic E-state index is 0.00199. The monoisotopic (exact) mass is 228 g/mol. The normalized spacial score (nSPS) is 10.1.